The molecule has 0 radical (unpaired) electrons. The maximum atomic E-state index is 13.0. The molecule has 0 unspecified atom stereocenters. The Morgan fingerprint density at radius 1 is 1.05 bits per heavy atom. The maximum absolute atomic E-state index is 13.0. The molecule has 3 heteroatoms. The molecule has 3 nitrogen and oxygen atoms in total. The summed E-state index contributed by atoms with van der Waals surface area (Å²) in [6.07, 6.45) is 6.69. The number of rotatable bonds is 4. The number of likely N-dealkylation sites (N-methyl/N-ethyl adjacent to an activating group) is 1. The highest BCUT2D eigenvalue weighted by atomic mass is 16.5. The lowest BCUT2D eigenvalue weighted by atomic mass is 9.81. The first kappa shape index (κ1) is 15.0. The molecule has 1 fully saturated rings. The molecular formula is C17H25NO2. The molecule has 2 rings (SSSR count). The lowest BCUT2D eigenvalue weighted by Gasteiger charge is -2.38. The van der Waals surface area contributed by atoms with Crippen molar-refractivity contribution in [2.75, 3.05) is 21.2 Å². The number of carbonyl (C=O) groups excluding carboxylic acids is 1. The molecule has 110 valence electrons. The summed E-state index contributed by atoms with van der Waals surface area (Å²) >= 11 is 0. The summed E-state index contributed by atoms with van der Waals surface area (Å²) in [7, 11) is 5.71. The normalized spacial score (nSPS) is 18.6. The first-order valence-electron chi connectivity index (χ1n) is 7.46. The fraction of sp³-hybridized carbons (Fsp3) is 0.588. The summed E-state index contributed by atoms with van der Waals surface area (Å²) in [5.41, 5.74) is 0.465. The first-order chi connectivity index (χ1) is 9.60. The second-order valence-electron chi connectivity index (χ2n) is 5.90. The van der Waals surface area contributed by atoms with Gasteiger partial charge in [0.2, 0.25) is 0 Å². The lowest BCUT2D eigenvalue weighted by molar-refractivity contribution is 0.0635. The van der Waals surface area contributed by atoms with Gasteiger partial charge in [0.1, 0.15) is 5.75 Å². The fourth-order valence-corrected chi connectivity index (χ4v) is 3.20. The minimum Gasteiger partial charge on any atom is -0.497 e. The number of carbonyl (C=O) groups is 1. The minimum absolute atomic E-state index is 0.257. The standard InChI is InChI=1S/C17H25NO2/c1-18(2)17(12-6-4-5-7-13-17)16(19)14-8-10-15(20-3)11-9-14/h8-11H,4-7,12-13H2,1-3H3. The predicted molar refractivity (Wildman–Crippen MR) is 81.4 cm³/mol. The van der Waals surface area contributed by atoms with Crippen LogP contribution in [-0.4, -0.2) is 37.4 Å². The monoisotopic (exact) mass is 275 g/mol. The molecule has 0 aromatic heterocycles. The Morgan fingerprint density at radius 2 is 1.60 bits per heavy atom. The van der Waals surface area contributed by atoms with Crippen molar-refractivity contribution in [3.63, 3.8) is 0 Å². The number of hydrogen-bond acceptors (Lipinski definition) is 3. The van der Waals surface area contributed by atoms with E-state index in [1.165, 1.54) is 12.8 Å². The highest BCUT2D eigenvalue weighted by Gasteiger charge is 2.40. The molecule has 0 bridgehead atoms. The van der Waals surface area contributed by atoms with Crippen LogP contribution in [0.1, 0.15) is 48.9 Å². The second-order valence-corrected chi connectivity index (χ2v) is 5.90. The van der Waals surface area contributed by atoms with Crippen molar-refractivity contribution in [3.05, 3.63) is 29.8 Å². The van der Waals surface area contributed by atoms with Crippen molar-refractivity contribution >= 4 is 5.78 Å². The predicted octanol–water partition coefficient (Wildman–Crippen LogP) is 3.53. The van der Waals surface area contributed by atoms with Gasteiger partial charge in [0.05, 0.1) is 12.6 Å². The highest BCUT2D eigenvalue weighted by Crippen LogP contribution is 2.34. The third-order valence-electron chi connectivity index (χ3n) is 4.56. The van der Waals surface area contributed by atoms with Crippen LogP contribution in [0.5, 0.6) is 5.75 Å². The van der Waals surface area contributed by atoms with Gasteiger partial charge in [-0.05, 0) is 51.2 Å². The van der Waals surface area contributed by atoms with Crippen LogP contribution in [0.15, 0.2) is 24.3 Å². The van der Waals surface area contributed by atoms with Gasteiger partial charge < -0.3 is 4.74 Å². The van der Waals surface area contributed by atoms with E-state index in [1.54, 1.807) is 7.11 Å². The van der Waals surface area contributed by atoms with E-state index in [9.17, 15) is 4.79 Å². The van der Waals surface area contributed by atoms with Gasteiger partial charge in [-0.1, -0.05) is 25.7 Å². The molecule has 1 aromatic carbocycles. The van der Waals surface area contributed by atoms with Crippen molar-refractivity contribution in [2.24, 2.45) is 0 Å². The van der Waals surface area contributed by atoms with E-state index in [1.807, 2.05) is 38.4 Å². The van der Waals surface area contributed by atoms with Gasteiger partial charge in [-0.15, -0.1) is 0 Å². The molecule has 0 heterocycles. The first-order valence-corrected chi connectivity index (χ1v) is 7.46. The van der Waals surface area contributed by atoms with Crippen LogP contribution >= 0.6 is 0 Å². The molecule has 0 atom stereocenters. The zero-order valence-electron chi connectivity index (χ0n) is 12.8. The molecule has 20 heavy (non-hydrogen) atoms. The average molecular weight is 275 g/mol. The zero-order chi connectivity index (χ0) is 14.6. The molecule has 0 aliphatic heterocycles. The summed E-state index contributed by atoms with van der Waals surface area (Å²) in [5.74, 6) is 1.05. The van der Waals surface area contributed by atoms with E-state index in [4.69, 9.17) is 4.74 Å². The van der Waals surface area contributed by atoms with Crippen molar-refractivity contribution in [1.29, 1.82) is 0 Å². The smallest absolute Gasteiger partial charge is 0.183 e. The minimum atomic E-state index is -0.328. The third kappa shape index (κ3) is 2.88. The van der Waals surface area contributed by atoms with Crippen molar-refractivity contribution < 1.29 is 9.53 Å². The molecule has 1 aromatic rings. The van der Waals surface area contributed by atoms with Crippen LogP contribution in [0, 0.1) is 0 Å². The van der Waals surface area contributed by atoms with Crippen LogP contribution in [0.3, 0.4) is 0 Å². The highest BCUT2D eigenvalue weighted by molar-refractivity contribution is 6.03. The van der Waals surface area contributed by atoms with Crippen molar-refractivity contribution in [2.45, 2.75) is 44.1 Å². The van der Waals surface area contributed by atoms with Gasteiger partial charge in [-0.2, -0.15) is 0 Å². The van der Waals surface area contributed by atoms with Gasteiger partial charge in [0.25, 0.3) is 0 Å². The summed E-state index contributed by atoms with van der Waals surface area (Å²) in [5, 5.41) is 0. The quantitative estimate of drug-likeness (QED) is 0.622. The van der Waals surface area contributed by atoms with E-state index in [0.29, 0.717) is 0 Å². The van der Waals surface area contributed by atoms with E-state index in [2.05, 4.69) is 4.90 Å². The second kappa shape index (κ2) is 6.40. The molecule has 1 saturated carbocycles. The number of benzene rings is 1. The van der Waals surface area contributed by atoms with Gasteiger partial charge >= 0.3 is 0 Å². The van der Waals surface area contributed by atoms with Gasteiger partial charge in [0, 0.05) is 5.56 Å². The molecular weight excluding hydrogens is 250 g/mol. The van der Waals surface area contributed by atoms with E-state index in [0.717, 1.165) is 37.0 Å². The Bertz CT molecular complexity index is 443. The topological polar surface area (TPSA) is 29.5 Å². The largest absolute Gasteiger partial charge is 0.497 e. The van der Waals surface area contributed by atoms with Gasteiger partial charge in [-0.25, -0.2) is 0 Å². The van der Waals surface area contributed by atoms with Gasteiger partial charge in [0.15, 0.2) is 5.78 Å². The van der Waals surface area contributed by atoms with Crippen LogP contribution < -0.4 is 4.74 Å². The van der Waals surface area contributed by atoms with Crippen molar-refractivity contribution in [3.8, 4) is 5.75 Å². The van der Waals surface area contributed by atoms with Crippen LogP contribution in [0.25, 0.3) is 0 Å². The summed E-state index contributed by atoms with van der Waals surface area (Å²) in [6.45, 7) is 0. The number of methoxy groups -OCH3 is 1. The zero-order valence-corrected chi connectivity index (χ0v) is 12.8. The molecule has 1 aliphatic carbocycles. The van der Waals surface area contributed by atoms with E-state index < -0.39 is 0 Å². The van der Waals surface area contributed by atoms with Crippen LogP contribution in [0.4, 0.5) is 0 Å². The average Bonchev–Trinajstić information content (AvgIpc) is 2.73. The molecule has 0 amide bonds. The van der Waals surface area contributed by atoms with E-state index >= 15 is 0 Å². The number of ketones is 1. The molecule has 1 aliphatic rings. The third-order valence-corrected chi connectivity index (χ3v) is 4.56. The Kier molecular flexibility index (Phi) is 4.81. The summed E-state index contributed by atoms with van der Waals surface area (Å²) in [6, 6.07) is 7.51. The number of nitrogens with zero attached hydrogens (tertiary/aromatic N) is 1. The van der Waals surface area contributed by atoms with E-state index in [-0.39, 0.29) is 11.3 Å². The van der Waals surface area contributed by atoms with Crippen molar-refractivity contribution in [1.82, 2.24) is 4.90 Å². The lowest BCUT2D eigenvalue weighted by Crippen LogP contribution is -2.50. The number of Topliss-reactive ketones (excluding diaryl/α,β-unsaturated/α-hetero) is 1. The SMILES string of the molecule is COc1ccc(C(=O)C2(N(C)C)CCCCCC2)cc1. The number of ether oxygens (including phenoxy) is 1. The van der Waals surface area contributed by atoms with Crippen LogP contribution in [0.2, 0.25) is 0 Å². The summed E-state index contributed by atoms with van der Waals surface area (Å²) in [4.78, 5) is 15.2. The fourth-order valence-electron chi connectivity index (χ4n) is 3.20. The Hall–Kier alpha value is -1.35. The maximum Gasteiger partial charge on any atom is 0.183 e. The molecule has 0 saturated heterocycles. The van der Waals surface area contributed by atoms with Crippen LogP contribution in [-0.2, 0) is 0 Å². The Labute approximate surface area is 121 Å². The Balaban J connectivity index is 2.29. The number of hydrogen-bond donors (Lipinski definition) is 0. The molecule has 0 spiro atoms. The summed E-state index contributed by atoms with van der Waals surface area (Å²) < 4.78 is 5.17. The van der Waals surface area contributed by atoms with Gasteiger partial charge in [-0.3, -0.25) is 9.69 Å². The molecule has 0 N–H and O–H groups in total. The Morgan fingerprint density at radius 3 is 2.05 bits per heavy atom.